The molecule has 1 aromatic carbocycles. The summed E-state index contributed by atoms with van der Waals surface area (Å²) in [6.45, 7) is -0.492. The lowest BCUT2D eigenvalue weighted by atomic mass is 10.0. The van der Waals surface area contributed by atoms with Crippen molar-refractivity contribution in [3.63, 3.8) is 0 Å². The van der Waals surface area contributed by atoms with E-state index in [-0.39, 0.29) is 17.4 Å². The van der Waals surface area contributed by atoms with Crippen molar-refractivity contribution in [1.29, 1.82) is 5.41 Å². The van der Waals surface area contributed by atoms with Crippen LogP contribution in [0.25, 0.3) is 16.9 Å². The fraction of sp³-hybridized carbons (Fsp3) is 0.227. The molecule has 3 aromatic heterocycles. The number of nitrogens with one attached hydrogen (secondary N) is 4. The predicted octanol–water partition coefficient (Wildman–Crippen LogP) is 2.72. The summed E-state index contributed by atoms with van der Waals surface area (Å²) in [5, 5.41) is 14.7. The summed E-state index contributed by atoms with van der Waals surface area (Å²) in [5.74, 6) is 0.216. The van der Waals surface area contributed by atoms with E-state index in [2.05, 4.69) is 25.4 Å². The van der Waals surface area contributed by atoms with Crippen LogP contribution in [0.5, 0.6) is 0 Å². The molecule has 3 heterocycles. The maximum atomic E-state index is 12.7. The molecule has 1 fully saturated rings. The number of H-pyrrole nitrogens is 2. The first-order valence-corrected chi connectivity index (χ1v) is 10.3. The second-order valence-electron chi connectivity index (χ2n) is 7.88. The quantitative estimate of drug-likeness (QED) is 0.321. The fourth-order valence-corrected chi connectivity index (χ4v) is 4.12. The summed E-state index contributed by atoms with van der Waals surface area (Å²) < 4.78 is 27.0. The minimum Gasteiger partial charge on any atom is -0.379 e. The van der Waals surface area contributed by atoms with E-state index in [1.807, 2.05) is 12.1 Å². The van der Waals surface area contributed by atoms with Crippen LogP contribution in [0.3, 0.4) is 0 Å². The van der Waals surface area contributed by atoms with E-state index in [4.69, 9.17) is 5.41 Å². The first kappa shape index (κ1) is 20.7. The second-order valence-corrected chi connectivity index (χ2v) is 7.88. The number of nitrogens with zero attached hydrogens (tertiary/aromatic N) is 3. The van der Waals surface area contributed by atoms with Gasteiger partial charge in [0.25, 0.3) is 12.0 Å². The van der Waals surface area contributed by atoms with Crippen LogP contribution in [0.15, 0.2) is 52.4 Å². The van der Waals surface area contributed by atoms with Crippen LogP contribution in [0, 0.1) is 5.41 Å². The Bertz CT molecular complexity index is 1470. The maximum Gasteiger partial charge on any atom is 0.325 e. The van der Waals surface area contributed by atoms with Crippen LogP contribution in [0.2, 0.25) is 0 Å². The standard InChI is InChI=1S/C22H19F2N7O2/c23-19(24)10-27-17-5-11(1-2-12(17)8-25)13-6-14(13)15-7-18(30-31-4-3-26-20(15)31)16-9-28-22(33)29-21(16)32/h1-5,7-9,13-14,19,25,27H,6,10H2,(H2,28,29,32,33)/t13-,14+/m1/s1. The van der Waals surface area contributed by atoms with Gasteiger partial charge in [-0.25, -0.2) is 23.1 Å². The third kappa shape index (κ3) is 3.93. The van der Waals surface area contributed by atoms with Gasteiger partial charge < -0.3 is 15.7 Å². The summed E-state index contributed by atoms with van der Waals surface area (Å²) in [4.78, 5) is 32.7. The number of anilines is 1. The number of rotatable bonds is 7. The van der Waals surface area contributed by atoms with Gasteiger partial charge in [-0.15, -0.1) is 0 Å². The molecule has 0 unspecified atom stereocenters. The minimum atomic E-state index is -2.50. The Balaban J connectivity index is 1.51. The van der Waals surface area contributed by atoms with Gasteiger partial charge in [-0.2, -0.15) is 5.10 Å². The number of hydrogen-bond acceptors (Lipinski definition) is 6. The minimum absolute atomic E-state index is 0.0901. The zero-order valence-corrected chi connectivity index (χ0v) is 17.2. The van der Waals surface area contributed by atoms with Crippen LogP contribution in [0.4, 0.5) is 14.5 Å². The van der Waals surface area contributed by atoms with E-state index in [1.165, 1.54) is 6.20 Å². The molecule has 168 valence electrons. The van der Waals surface area contributed by atoms with E-state index in [0.29, 0.717) is 22.6 Å². The molecule has 0 amide bonds. The highest BCUT2D eigenvalue weighted by atomic mass is 19.3. The maximum absolute atomic E-state index is 12.7. The van der Waals surface area contributed by atoms with Gasteiger partial charge in [-0.05, 0) is 36.0 Å². The molecular formula is C22H19F2N7O2. The van der Waals surface area contributed by atoms with E-state index >= 15 is 0 Å². The van der Waals surface area contributed by atoms with Crippen molar-refractivity contribution in [1.82, 2.24) is 24.6 Å². The van der Waals surface area contributed by atoms with Crippen molar-refractivity contribution >= 4 is 17.5 Å². The number of alkyl halides is 2. The molecule has 9 nitrogen and oxygen atoms in total. The molecule has 2 atom stereocenters. The van der Waals surface area contributed by atoms with Crippen LogP contribution in [0.1, 0.15) is 34.9 Å². The third-order valence-electron chi connectivity index (χ3n) is 5.78. The summed E-state index contributed by atoms with van der Waals surface area (Å²) in [6, 6.07) is 7.26. The number of aromatic nitrogens is 5. The lowest BCUT2D eigenvalue weighted by Gasteiger charge is -2.12. The SMILES string of the molecule is N=Cc1ccc([C@H]2C[C@@H]2c2cc(-c3c[nH]c(=O)[nH]c3=O)nn3ccnc23)cc1NCC(F)F. The first-order valence-electron chi connectivity index (χ1n) is 10.3. The zero-order chi connectivity index (χ0) is 23.1. The Morgan fingerprint density at radius 1 is 1.27 bits per heavy atom. The highest BCUT2D eigenvalue weighted by molar-refractivity contribution is 5.86. The predicted molar refractivity (Wildman–Crippen MR) is 119 cm³/mol. The molecule has 0 spiro atoms. The van der Waals surface area contributed by atoms with Gasteiger partial charge in [0.15, 0.2) is 5.65 Å². The second kappa shape index (κ2) is 8.08. The largest absolute Gasteiger partial charge is 0.379 e. The van der Waals surface area contributed by atoms with E-state index in [1.54, 1.807) is 29.0 Å². The third-order valence-corrected chi connectivity index (χ3v) is 5.78. The number of fused-ring (bicyclic) bond motifs is 1. The molecule has 0 bridgehead atoms. The summed E-state index contributed by atoms with van der Waals surface area (Å²) in [7, 11) is 0. The molecule has 11 heteroatoms. The van der Waals surface area contributed by atoms with Crippen LogP contribution in [-0.2, 0) is 0 Å². The van der Waals surface area contributed by atoms with Crippen molar-refractivity contribution in [3.05, 3.63) is 80.4 Å². The Labute approximate surface area is 185 Å². The fourth-order valence-electron chi connectivity index (χ4n) is 4.12. The van der Waals surface area contributed by atoms with Crippen molar-refractivity contribution in [2.75, 3.05) is 11.9 Å². The lowest BCUT2D eigenvalue weighted by molar-refractivity contribution is 0.163. The first-order chi connectivity index (χ1) is 15.9. The van der Waals surface area contributed by atoms with Crippen molar-refractivity contribution in [2.24, 2.45) is 0 Å². The van der Waals surface area contributed by atoms with Crippen molar-refractivity contribution < 1.29 is 8.78 Å². The average Bonchev–Trinajstić information content (AvgIpc) is 3.45. The highest BCUT2D eigenvalue weighted by Crippen LogP contribution is 2.56. The summed E-state index contributed by atoms with van der Waals surface area (Å²) in [6.07, 6.45) is 4.08. The Morgan fingerprint density at radius 2 is 2.12 bits per heavy atom. The van der Waals surface area contributed by atoms with E-state index in [9.17, 15) is 18.4 Å². The number of aromatic amines is 2. The molecular weight excluding hydrogens is 432 g/mol. The van der Waals surface area contributed by atoms with Gasteiger partial charge in [-0.1, -0.05) is 12.1 Å². The van der Waals surface area contributed by atoms with Crippen molar-refractivity contribution in [2.45, 2.75) is 24.7 Å². The van der Waals surface area contributed by atoms with Crippen LogP contribution >= 0.6 is 0 Å². The summed E-state index contributed by atoms with van der Waals surface area (Å²) >= 11 is 0. The molecule has 1 aliphatic rings. The molecule has 1 saturated carbocycles. The molecule has 4 aromatic rings. The Hall–Kier alpha value is -4.15. The van der Waals surface area contributed by atoms with Gasteiger partial charge in [0.1, 0.15) is 0 Å². The molecule has 0 aliphatic heterocycles. The van der Waals surface area contributed by atoms with E-state index < -0.39 is 24.2 Å². The monoisotopic (exact) mass is 451 g/mol. The van der Waals surface area contributed by atoms with Crippen LogP contribution in [-0.4, -0.2) is 43.8 Å². The molecule has 0 radical (unpaired) electrons. The van der Waals surface area contributed by atoms with E-state index in [0.717, 1.165) is 23.8 Å². The average molecular weight is 451 g/mol. The molecule has 1 aliphatic carbocycles. The lowest BCUT2D eigenvalue weighted by Crippen LogP contribution is -2.23. The topological polar surface area (TPSA) is 132 Å². The number of hydrogen-bond donors (Lipinski definition) is 4. The zero-order valence-electron chi connectivity index (χ0n) is 17.2. The molecule has 5 rings (SSSR count). The Morgan fingerprint density at radius 3 is 2.88 bits per heavy atom. The number of imidazole rings is 1. The molecule has 0 saturated heterocycles. The van der Waals surface area contributed by atoms with Gasteiger partial charge in [0, 0.05) is 41.6 Å². The molecule has 33 heavy (non-hydrogen) atoms. The van der Waals surface area contributed by atoms with Gasteiger partial charge in [0.05, 0.1) is 17.8 Å². The van der Waals surface area contributed by atoms with Gasteiger partial charge in [-0.3, -0.25) is 9.78 Å². The highest BCUT2D eigenvalue weighted by Gasteiger charge is 2.41. The van der Waals surface area contributed by atoms with Crippen molar-refractivity contribution in [3.8, 4) is 11.3 Å². The summed E-state index contributed by atoms with van der Waals surface area (Å²) in [5.41, 5.74) is 3.06. The normalized spacial score (nSPS) is 17.4. The number of halogens is 2. The van der Waals surface area contributed by atoms with Crippen LogP contribution < -0.4 is 16.6 Å². The molecule has 4 N–H and O–H groups in total. The smallest absolute Gasteiger partial charge is 0.325 e. The Kier molecular flexibility index (Phi) is 5.08. The van der Waals surface area contributed by atoms with Gasteiger partial charge >= 0.3 is 5.69 Å². The van der Waals surface area contributed by atoms with Gasteiger partial charge in [0.2, 0.25) is 0 Å². The number of benzene rings is 1.